The molecule has 0 spiro atoms. The molecule has 0 heterocycles. The Labute approximate surface area is 148 Å². The number of hydrogen-bond acceptors (Lipinski definition) is 5. The minimum Gasteiger partial charge on any atom is -0.468 e. The Bertz CT molecular complexity index is 778. The molecule has 0 fully saturated rings. The van der Waals surface area contributed by atoms with Crippen molar-refractivity contribution in [3.8, 4) is 11.8 Å². The van der Waals surface area contributed by atoms with Gasteiger partial charge in [0.25, 0.3) is 5.91 Å². The summed E-state index contributed by atoms with van der Waals surface area (Å²) in [5.74, 6) is 4.99. The monoisotopic (exact) mass is 366 g/mol. The number of nitrogens with zero attached hydrogens (tertiary/aromatic N) is 1. The largest absolute Gasteiger partial charge is 0.468 e. The fourth-order valence-corrected chi connectivity index (χ4v) is 2.25. The maximum atomic E-state index is 11.9. The second-order valence-electron chi connectivity index (χ2n) is 5.33. The number of sulfonamides is 1. The maximum absolute atomic E-state index is 11.9. The van der Waals surface area contributed by atoms with Crippen LogP contribution in [0, 0.1) is 11.8 Å². The van der Waals surface area contributed by atoms with Crippen molar-refractivity contribution in [2.24, 2.45) is 0 Å². The summed E-state index contributed by atoms with van der Waals surface area (Å²) in [7, 11) is -0.388. The number of carbonyl (C=O) groups is 2. The van der Waals surface area contributed by atoms with E-state index in [9.17, 15) is 18.0 Å². The molecule has 0 saturated heterocycles. The van der Waals surface area contributed by atoms with E-state index in [1.807, 2.05) is 0 Å². The van der Waals surface area contributed by atoms with E-state index in [2.05, 4.69) is 21.9 Å². The van der Waals surface area contributed by atoms with Gasteiger partial charge in [0, 0.05) is 31.1 Å². The highest BCUT2D eigenvalue weighted by Gasteiger charge is 2.09. The van der Waals surface area contributed by atoms with Crippen LogP contribution in [0.5, 0.6) is 0 Å². The molecule has 0 aliphatic rings. The SMILES string of the molecule is COC(=O)CNC(=O)c1cccc(C#CCCCN(C)S(C)(=O)=O)c1. The van der Waals surface area contributed by atoms with E-state index in [4.69, 9.17) is 0 Å². The van der Waals surface area contributed by atoms with Gasteiger partial charge in [0.1, 0.15) is 6.54 Å². The third-order valence-electron chi connectivity index (χ3n) is 3.32. The summed E-state index contributed by atoms with van der Waals surface area (Å²) in [6.45, 7) is 0.211. The van der Waals surface area contributed by atoms with Crippen molar-refractivity contribution in [1.29, 1.82) is 0 Å². The summed E-state index contributed by atoms with van der Waals surface area (Å²) in [4.78, 5) is 23.0. The van der Waals surface area contributed by atoms with Crippen molar-refractivity contribution in [2.75, 3.05) is 33.5 Å². The van der Waals surface area contributed by atoms with E-state index in [0.717, 1.165) is 6.26 Å². The van der Waals surface area contributed by atoms with Gasteiger partial charge in [-0.15, -0.1) is 0 Å². The first-order chi connectivity index (χ1) is 11.7. The van der Waals surface area contributed by atoms with Crippen LogP contribution in [-0.2, 0) is 19.6 Å². The predicted molar refractivity (Wildman–Crippen MR) is 94.4 cm³/mol. The van der Waals surface area contributed by atoms with E-state index in [1.165, 1.54) is 18.5 Å². The van der Waals surface area contributed by atoms with Gasteiger partial charge in [-0.3, -0.25) is 9.59 Å². The molecule has 1 N–H and O–H groups in total. The lowest BCUT2D eigenvalue weighted by Gasteiger charge is -2.12. The Morgan fingerprint density at radius 1 is 1.32 bits per heavy atom. The highest BCUT2D eigenvalue weighted by atomic mass is 32.2. The lowest BCUT2D eigenvalue weighted by molar-refractivity contribution is -0.139. The Kier molecular flexibility index (Phi) is 8.11. The predicted octanol–water partition coefficient (Wildman–Crippen LogP) is 0.612. The number of esters is 1. The summed E-state index contributed by atoms with van der Waals surface area (Å²) in [5.41, 5.74) is 1.06. The van der Waals surface area contributed by atoms with Gasteiger partial charge in [-0.2, -0.15) is 0 Å². The molecule has 1 amide bonds. The van der Waals surface area contributed by atoms with Crippen molar-refractivity contribution in [2.45, 2.75) is 12.8 Å². The number of amides is 1. The van der Waals surface area contributed by atoms with Gasteiger partial charge in [0.05, 0.1) is 13.4 Å². The molecule has 1 aromatic carbocycles. The van der Waals surface area contributed by atoms with Gasteiger partial charge in [-0.25, -0.2) is 12.7 Å². The second-order valence-corrected chi connectivity index (χ2v) is 7.42. The molecule has 0 unspecified atom stereocenters. The number of hydrogen-bond donors (Lipinski definition) is 1. The number of benzene rings is 1. The molecule has 0 saturated carbocycles. The first kappa shape index (κ1) is 20.7. The fraction of sp³-hybridized carbons (Fsp3) is 0.412. The quantitative estimate of drug-likeness (QED) is 0.434. The van der Waals surface area contributed by atoms with Crippen LogP contribution in [0.4, 0.5) is 0 Å². The average molecular weight is 366 g/mol. The molecule has 0 atom stereocenters. The van der Waals surface area contributed by atoms with Gasteiger partial charge < -0.3 is 10.1 Å². The Hall–Kier alpha value is -2.37. The molecule has 0 bridgehead atoms. The number of carbonyl (C=O) groups excluding carboxylic acids is 2. The summed E-state index contributed by atoms with van der Waals surface area (Å²) >= 11 is 0. The zero-order chi connectivity index (χ0) is 18.9. The molecule has 0 aliphatic carbocycles. The molecule has 136 valence electrons. The zero-order valence-electron chi connectivity index (χ0n) is 14.5. The van der Waals surface area contributed by atoms with Crippen LogP contribution in [0.25, 0.3) is 0 Å². The lowest BCUT2D eigenvalue weighted by Crippen LogP contribution is -2.30. The van der Waals surface area contributed by atoms with Crippen LogP contribution in [0.15, 0.2) is 24.3 Å². The van der Waals surface area contributed by atoms with Gasteiger partial charge >= 0.3 is 5.97 Å². The van der Waals surface area contributed by atoms with Gasteiger partial charge in [0.2, 0.25) is 10.0 Å². The first-order valence-electron chi connectivity index (χ1n) is 7.59. The van der Waals surface area contributed by atoms with Crippen LogP contribution in [0.2, 0.25) is 0 Å². The summed E-state index contributed by atoms with van der Waals surface area (Å²) in [6.07, 6.45) is 2.32. The average Bonchev–Trinajstić information content (AvgIpc) is 2.58. The number of methoxy groups -OCH3 is 1. The number of unbranched alkanes of at least 4 members (excludes halogenated alkanes) is 1. The standard InChI is InChI=1S/C17H22N2O5S/c1-19(25(3,22)23)11-6-4-5-8-14-9-7-10-15(12-14)17(21)18-13-16(20)24-2/h7,9-10,12H,4,6,11,13H2,1-3H3,(H,18,21). The molecule has 8 heteroatoms. The molecule has 0 aromatic heterocycles. The Balaban J connectivity index is 2.56. The third-order valence-corrected chi connectivity index (χ3v) is 4.63. The summed E-state index contributed by atoms with van der Waals surface area (Å²) in [5, 5.41) is 2.46. The molecular formula is C17H22N2O5S. The fourth-order valence-electron chi connectivity index (χ4n) is 1.79. The van der Waals surface area contributed by atoms with Gasteiger partial charge in [-0.1, -0.05) is 17.9 Å². The van der Waals surface area contributed by atoms with Crippen LogP contribution in [0.3, 0.4) is 0 Å². The van der Waals surface area contributed by atoms with E-state index < -0.39 is 16.0 Å². The maximum Gasteiger partial charge on any atom is 0.325 e. The Morgan fingerprint density at radius 3 is 2.68 bits per heavy atom. The van der Waals surface area contributed by atoms with Crippen LogP contribution in [0.1, 0.15) is 28.8 Å². The smallest absolute Gasteiger partial charge is 0.325 e. The van der Waals surface area contributed by atoms with Crippen LogP contribution >= 0.6 is 0 Å². The highest BCUT2D eigenvalue weighted by Crippen LogP contribution is 2.04. The minimum absolute atomic E-state index is 0.195. The highest BCUT2D eigenvalue weighted by molar-refractivity contribution is 7.88. The van der Waals surface area contributed by atoms with Crippen LogP contribution in [-0.4, -0.2) is 58.1 Å². The van der Waals surface area contributed by atoms with Gasteiger partial charge in [-0.05, 0) is 24.6 Å². The number of ether oxygens (including phenoxy) is 1. The molecule has 0 aliphatic heterocycles. The summed E-state index contributed by atoms with van der Waals surface area (Å²) < 4.78 is 28.2. The van der Waals surface area contributed by atoms with Gasteiger partial charge in [0.15, 0.2) is 0 Å². The molecule has 0 radical (unpaired) electrons. The Morgan fingerprint density at radius 2 is 2.04 bits per heavy atom. The third kappa shape index (κ3) is 7.83. The topological polar surface area (TPSA) is 92.8 Å². The van der Waals surface area contributed by atoms with E-state index in [0.29, 0.717) is 30.5 Å². The zero-order valence-corrected chi connectivity index (χ0v) is 15.4. The van der Waals surface area contributed by atoms with Crippen molar-refractivity contribution >= 4 is 21.9 Å². The molecule has 25 heavy (non-hydrogen) atoms. The minimum atomic E-state index is -3.16. The van der Waals surface area contributed by atoms with E-state index in [1.54, 1.807) is 24.3 Å². The van der Waals surface area contributed by atoms with Crippen molar-refractivity contribution in [3.63, 3.8) is 0 Å². The van der Waals surface area contributed by atoms with E-state index >= 15 is 0 Å². The molecule has 1 rings (SSSR count). The number of rotatable bonds is 7. The van der Waals surface area contributed by atoms with Crippen molar-refractivity contribution < 1.29 is 22.7 Å². The lowest BCUT2D eigenvalue weighted by atomic mass is 10.1. The summed E-state index contributed by atoms with van der Waals surface area (Å²) in [6, 6.07) is 6.72. The van der Waals surface area contributed by atoms with E-state index in [-0.39, 0.29) is 12.5 Å². The normalized spacial score (nSPS) is 10.7. The second kappa shape index (κ2) is 9.81. The van der Waals surface area contributed by atoms with Crippen molar-refractivity contribution in [1.82, 2.24) is 9.62 Å². The molecule has 7 nitrogen and oxygen atoms in total. The molecule has 1 aromatic rings. The van der Waals surface area contributed by atoms with Crippen LogP contribution < -0.4 is 5.32 Å². The molecular weight excluding hydrogens is 344 g/mol. The number of nitrogens with one attached hydrogen (secondary N) is 1. The van der Waals surface area contributed by atoms with Crippen molar-refractivity contribution in [3.05, 3.63) is 35.4 Å². The first-order valence-corrected chi connectivity index (χ1v) is 9.44.